The average Bonchev–Trinajstić information content (AvgIpc) is 2.65. The van der Waals surface area contributed by atoms with Gasteiger partial charge >= 0.3 is 6.09 Å². The van der Waals surface area contributed by atoms with Gasteiger partial charge in [0.1, 0.15) is 5.60 Å². The van der Waals surface area contributed by atoms with Gasteiger partial charge < -0.3 is 20.5 Å². The molecule has 0 spiro atoms. The molecule has 0 unspecified atom stereocenters. The second-order valence-electron chi connectivity index (χ2n) is 7.55. The molecule has 0 aliphatic heterocycles. The predicted molar refractivity (Wildman–Crippen MR) is 105 cm³/mol. The summed E-state index contributed by atoms with van der Waals surface area (Å²) in [4.78, 5) is 28.9. The molecule has 3 N–H and O–H groups in total. The third-order valence-electron chi connectivity index (χ3n) is 3.84. The van der Waals surface area contributed by atoms with Crippen molar-refractivity contribution in [3.63, 3.8) is 0 Å². The molecule has 0 aliphatic rings. The molecule has 0 saturated heterocycles. The molecule has 1 aromatic carbocycles. The SMILES string of the molecule is CC(C)(C)OC(=O)NC[C@](O)(Cc1ccccc1)C(=O)NCc1ccccn1. The number of benzene rings is 1. The van der Waals surface area contributed by atoms with E-state index in [1.54, 1.807) is 39.1 Å². The van der Waals surface area contributed by atoms with Crippen LogP contribution in [0.1, 0.15) is 32.0 Å². The number of pyridine rings is 1. The highest BCUT2D eigenvalue weighted by Gasteiger charge is 2.37. The Balaban J connectivity index is 2.08. The van der Waals surface area contributed by atoms with Gasteiger partial charge in [-0.1, -0.05) is 36.4 Å². The fourth-order valence-corrected chi connectivity index (χ4v) is 2.53. The van der Waals surface area contributed by atoms with Gasteiger partial charge in [-0.25, -0.2) is 4.79 Å². The summed E-state index contributed by atoms with van der Waals surface area (Å²) < 4.78 is 5.19. The Hall–Kier alpha value is -2.93. The maximum atomic E-state index is 12.8. The molecule has 0 bridgehead atoms. The number of carbonyl (C=O) groups is 2. The van der Waals surface area contributed by atoms with Crippen molar-refractivity contribution in [2.24, 2.45) is 0 Å². The topological polar surface area (TPSA) is 101 Å². The lowest BCUT2D eigenvalue weighted by molar-refractivity contribution is -0.139. The summed E-state index contributed by atoms with van der Waals surface area (Å²) >= 11 is 0. The summed E-state index contributed by atoms with van der Waals surface area (Å²) in [5.74, 6) is -0.599. The normalized spacial score (nSPS) is 13.3. The lowest BCUT2D eigenvalue weighted by Crippen LogP contribution is -2.55. The van der Waals surface area contributed by atoms with Crippen LogP contribution in [-0.2, 0) is 22.5 Å². The smallest absolute Gasteiger partial charge is 0.407 e. The summed E-state index contributed by atoms with van der Waals surface area (Å²) in [6.45, 7) is 5.10. The predicted octanol–water partition coefficient (Wildman–Crippen LogP) is 2.20. The highest BCUT2D eigenvalue weighted by atomic mass is 16.6. The van der Waals surface area contributed by atoms with Gasteiger partial charge in [-0.15, -0.1) is 0 Å². The second kappa shape index (κ2) is 9.32. The quantitative estimate of drug-likeness (QED) is 0.678. The molecule has 0 radical (unpaired) electrons. The number of rotatable bonds is 7. The van der Waals surface area contributed by atoms with Crippen LogP contribution in [0.15, 0.2) is 54.7 Å². The van der Waals surface area contributed by atoms with Crippen molar-refractivity contribution in [3.05, 3.63) is 66.0 Å². The minimum Gasteiger partial charge on any atom is -0.444 e. The van der Waals surface area contributed by atoms with E-state index < -0.39 is 23.2 Å². The van der Waals surface area contributed by atoms with Gasteiger partial charge in [0.15, 0.2) is 5.60 Å². The third-order valence-corrected chi connectivity index (χ3v) is 3.84. The van der Waals surface area contributed by atoms with E-state index in [0.29, 0.717) is 5.69 Å². The molecule has 7 nitrogen and oxygen atoms in total. The number of hydrogen-bond donors (Lipinski definition) is 3. The van der Waals surface area contributed by atoms with Crippen LogP contribution < -0.4 is 10.6 Å². The Bertz CT molecular complexity index is 775. The highest BCUT2D eigenvalue weighted by molar-refractivity contribution is 5.86. The van der Waals surface area contributed by atoms with Crippen LogP contribution in [0, 0.1) is 0 Å². The van der Waals surface area contributed by atoms with Gasteiger partial charge in [0, 0.05) is 12.6 Å². The van der Waals surface area contributed by atoms with E-state index in [9.17, 15) is 14.7 Å². The van der Waals surface area contributed by atoms with E-state index in [2.05, 4.69) is 15.6 Å². The molecule has 1 atom stereocenters. The zero-order valence-corrected chi connectivity index (χ0v) is 16.4. The molecular weight excluding hydrogens is 358 g/mol. The lowest BCUT2D eigenvalue weighted by atomic mass is 9.93. The van der Waals surface area contributed by atoms with E-state index in [1.807, 2.05) is 36.4 Å². The van der Waals surface area contributed by atoms with Crippen molar-refractivity contribution in [1.29, 1.82) is 0 Å². The van der Waals surface area contributed by atoms with Crippen LogP contribution in [0.3, 0.4) is 0 Å². The number of nitrogens with zero attached hydrogens (tertiary/aromatic N) is 1. The van der Waals surface area contributed by atoms with Crippen LogP contribution in [-0.4, -0.2) is 39.8 Å². The van der Waals surface area contributed by atoms with Gasteiger partial charge in [0.2, 0.25) is 0 Å². The minimum absolute atomic E-state index is 0.0394. The fourth-order valence-electron chi connectivity index (χ4n) is 2.53. The molecule has 7 heteroatoms. The summed E-state index contributed by atoms with van der Waals surface area (Å²) in [6.07, 6.45) is 0.968. The fraction of sp³-hybridized carbons (Fsp3) is 0.381. The van der Waals surface area contributed by atoms with E-state index in [-0.39, 0.29) is 19.5 Å². The number of aromatic nitrogens is 1. The number of ether oxygens (including phenoxy) is 1. The summed E-state index contributed by atoms with van der Waals surface area (Å²) in [5, 5.41) is 16.2. The first kappa shape index (κ1) is 21.4. The lowest BCUT2D eigenvalue weighted by Gasteiger charge is -2.28. The monoisotopic (exact) mass is 385 g/mol. The number of alkyl carbamates (subject to hydrolysis) is 1. The van der Waals surface area contributed by atoms with Crippen molar-refractivity contribution < 1.29 is 19.4 Å². The minimum atomic E-state index is -1.84. The first-order valence-electron chi connectivity index (χ1n) is 9.09. The van der Waals surface area contributed by atoms with Gasteiger partial charge in [0.05, 0.1) is 18.8 Å². The van der Waals surface area contributed by atoms with Crippen LogP contribution in [0.4, 0.5) is 4.79 Å². The van der Waals surface area contributed by atoms with Gasteiger partial charge in [-0.05, 0) is 38.5 Å². The van der Waals surface area contributed by atoms with Crippen LogP contribution in [0.25, 0.3) is 0 Å². The number of carbonyl (C=O) groups excluding carboxylic acids is 2. The van der Waals surface area contributed by atoms with Crippen LogP contribution in [0.2, 0.25) is 0 Å². The van der Waals surface area contributed by atoms with E-state index >= 15 is 0 Å². The van der Waals surface area contributed by atoms with Crippen molar-refractivity contribution in [2.45, 2.75) is 44.9 Å². The summed E-state index contributed by atoms with van der Waals surface area (Å²) in [7, 11) is 0. The molecule has 2 amide bonds. The molecule has 2 rings (SSSR count). The Morgan fingerprint density at radius 1 is 1.04 bits per heavy atom. The Morgan fingerprint density at radius 2 is 1.71 bits per heavy atom. The molecular formula is C21H27N3O4. The molecule has 0 aliphatic carbocycles. The van der Waals surface area contributed by atoms with Crippen molar-refractivity contribution >= 4 is 12.0 Å². The molecule has 0 fully saturated rings. The number of hydrogen-bond acceptors (Lipinski definition) is 5. The number of amides is 2. The molecule has 0 saturated carbocycles. The van der Waals surface area contributed by atoms with E-state index in [0.717, 1.165) is 5.56 Å². The molecule has 2 aromatic rings. The van der Waals surface area contributed by atoms with Crippen LogP contribution >= 0.6 is 0 Å². The molecule has 150 valence electrons. The van der Waals surface area contributed by atoms with Crippen molar-refractivity contribution in [3.8, 4) is 0 Å². The number of aliphatic hydroxyl groups is 1. The van der Waals surface area contributed by atoms with Gasteiger partial charge in [-0.2, -0.15) is 0 Å². The maximum Gasteiger partial charge on any atom is 0.407 e. The first-order chi connectivity index (χ1) is 13.2. The van der Waals surface area contributed by atoms with Crippen molar-refractivity contribution in [1.82, 2.24) is 15.6 Å². The van der Waals surface area contributed by atoms with Crippen LogP contribution in [0.5, 0.6) is 0 Å². The molecule has 28 heavy (non-hydrogen) atoms. The Kier molecular flexibility index (Phi) is 7.12. The van der Waals surface area contributed by atoms with Crippen molar-refractivity contribution in [2.75, 3.05) is 6.54 Å². The second-order valence-corrected chi connectivity index (χ2v) is 7.55. The maximum absolute atomic E-state index is 12.8. The Labute approximate surface area is 165 Å². The zero-order valence-electron chi connectivity index (χ0n) is 16.4. The average molecular weight is 385 g/mol. The van der Waals surface area contributed by atoms with Gasteiger partial charge in [-0.3, -0.25) is 9.78 Å². The largest absolute Gasteiger partial charge is 0.444 e. The molecule has 1 heterocycles. The molecule has 1 aromatic heterocycles. The standard InChI is InChI=1S/C21H27N3O4/c1-20(2,3)28-19(26)24-15-21(27,13-16-9-5-4-6-10-16)18(25)23-14-17-11-7-8-12-22-17/h4-12,27H,13-15H2,1-3H3,(H,23,25)(H,24,26)/t21-/m1/s1. The zero-order chi connectivity index (χ0) is 20.6. The van der Waals surface area contributed by atoms with E-state index in [1.165, 1.54) is 0 Å². The third kappa shape index (κ3) is 7.00. The number of nitrogens with one attached hydrogen (secondary N) is 2. The summed E-state index contributed by atoms with van der Waals surface area (Å²) in [5.41, 5.74) is -1.09. The highest BCUT2D eigenvalue weighted by Crippen LogP contribution is 2.15. The first-order valence-corrected chi connectivity index (χ1v) is 9.09. The van der Waals surface area contributed by atoms with E-state index in [4.69, 9.17) is 4.74 Å². The Morgan fingerprint density at radius 3 is 2.32 bits per heavy atom. The van der Waals surface area contributed by atoms with Gasteiger partial charge in [0.25, 0.3) is 5.91 Å². The summed E-state index contributed by atoms with van der Waals surface area (Å²) in [6, 6.07) is 14.5.